The summed E-state index contributed by atoms with van der Waals surface area (Å²) >= 11 is 6.35. The number of rotatable bonds is 3. The number of fused-ring (bicyclic) bond motifs is 1. The summed E-state index contributed by atoms with van der Waals surface area (Å²) in [6.45, 7) is 2.46. The van der Waals surface area contributed by atoms with Crippen molar-refractivity contribution in [3.8, 4) is 11.3 Å². The average molecular weight is 455 g/mol. The molecule has 0 N–H and O–H groups in total. The highest BCUT2D eigenvalue weighted by Crippen LogP contribution is 2.35. The third-order valence-corrected chi connectivity index (χ3v) is 5.87. The van der Waals surface area contributed by atoms with Crippen LogP contribution in [0.1, 0.15) is 48.8 Å². The van der Waals surface area contributed by atoms with Crippen molar-refractivity contribution >= 4 is 23.2 Å². The van der Waals surface area contributed by atoms with Gasteiger partial charge in [-0.3, -0.25) is 4.79 Å². The second-order valence-corrected chi connectivity index (χ2v) is 7.86. The minimum Gasteiger partial charge on any atom is -0.334 e. The van der Waals surface area contributed by atoms with Crippen LogP contribution in [-0.2, 0) is 6.18 Å². The quantitative estimate of drug-likeness (QED) is 0.483. The van der Waals surface area contributed by atoms with Crippen LogP contribution in [0.5, 0.6) is 0 Å². The van der Waals surface area contributed by atoms with Crippen LogP contribution >= 0.6 is 11.6 Å². The Morgan fingerprint density at radius 3 is 2.58 bits per heavy atom. The zero-order chi connectivity index (χ0) is 22.3. The van der Waals surface area contributed by atoms with Crippen molar-refractivity contribution in [2.24, 2.45) is 0 Å². The number of halogens is 5. The monoisotopic (exact) mass is 454 g/mol. The number of hydrogen-bond donors (Lipinski definition) is 0. The lowest BCUT2D eigenvalue weighted by molar-refractivity contribution is -0.142. The molecule has 164 valence electrons. The van der Waals surface area contributed by atoms with E-state index in [9.17, 15) is 22.4 Å². The standard InChI is InChI=1S/C21H19ClF4N4O/c1-2-14-5-3-4-10-29(14)20(31)18-17(22)19-27-15(12-6-8-13(23)9-7-12)11-16(21(24,25)26)30(19)28-18/h6-9,11,14H,2-5,10H2,1H3. The number of carbonyl (C=O) groups is 1. The highest BCUT2D eigenvalue weighted by atomic mass is 35.5. The fourth-order valence-electron chi connectivity index (χ4n) is 3.93. The first kappa shape index (κ1) is 21.5. The fourth-order valence-corrected chi connectivity index (χ4v) is 4.17. The minimum atomic E-state index is -4.78. The number of aromatic nitrogens is 3. The predicted octanol–water partition coefficient (Wildman–Crippen LogP) is 5.61. The molecule has 4 rings (SSSR count). The molecule has 1 aliphatic heterocycles. The van der Waals surface area contributed by atoms with Crippen LogP contribution in [-0.4, -0.2) is 38.0 Å². The van der Waals surface area contributed by atoms with Crippen molar-refractivity contribution in [2.45, 2.75) is 44.8 Å². The van der Waals surface area contributed by atoms with E-state index >= 15 is 0 Å². The lowest BCUT2D eigenvalue weighted by atomic mass is 9.99. The molecule has 5 nitrogen and oxygen atoms in total. The second kappa shape index (κ2) is 8.11. The number of amides is 1. The Morgan fingerprint density at radius 1 is 1.23 bits per heavy atom. The van der Waals surface area contributed by atoms with Gasteiger partial charge < -0.3 is 4.90 Å². The Morgan fingerprint density at radius 2 is 1.94 bits per heavy atom. The molecule has 0 aliphatic carbocycles. The summed E-state index contributed by atoms with van der Waals surface area (Å²) in [6, 6.07) is 5.71. The third kappa shape index (κ3) is 3.98. The molecule has 1 amide bonds. The number of hydrogen-bond acceptors (Lipinski definition) is 3. The van der Waals surface area contributed by atoms with Gasteiger partial charge in [0.25, 0.3) is 5.91 Å². The van der Waals surface area contributed by atoms with Crippen LogP contribution in [0.4, 0.5) is 17.6 Å². The summed E-state index contributed by atoms with van der Waals surface area (Å²) in [5.74, 6) is -1.03. The van der Waals surface area contributed by atoms with E-state index in [1.165, 1.54) is 12.1 Å². The van der Waals surface area contributed by atoms with E-state index in [1.807, 2.05) is 6.92 Å². The van der Waals surface area contributed by atoms with Gasteiger partial charge in [0.1, 0.15) is 10.8 Å². The molecule has 0 radical (unpaired) electrons. The summed E-state index contributed by atoms with van der Waals surface area (Å²) in [5.41, 5.74) is -1.42. The topological polar surface area (TPSA) is 50.5 Å². The summed E-state index contributed by atoms with van der Waals surface area (Å²) in [5, 5.41) is 3.69. The largest absolute Gasteiger partial charge is 0.433 e. The van der Waals surface area contributed by atoms with Gasteiger partial charge in [-0.2, -0.15) is 18.3 Å². The molecule has 1 fully saturated rings. The molecule has 1 saturated heterocycles. The van der Waals surface area contributed by atoms with E-state index in [1.54, 1.807) is 4.90 Å². The number of carbonyl (C=O) groups excluding carboxylic acids is 1. The van der Waals surface area contributed by atoms with Gasteiger partial charge in [0.15, 0.2) is 17.0 Å². The first-order valence-electron chi connectivity index (χ1n) is 9.94. The van der Waals surface area contributed by atoms with Gasteiger partial charge in [-0.15, -0.1) is 0 Å². The fraction of sp³-hybridized carbons (Fsp3) is 0.381. The Labute approximate surface area is 180 Å². The van der Waals surface area contributed by atoms with Crippen LogP contribution in [0.25, 0.3) is 16.9 Å². The van der Waals surface area contributed by atoms with E-state index in [0.717, 1.165) is 43.9 Å². The van der Waals surface area contributed by atoms with Crippen LogP contribution in [0, 0.1) is 5.82 Å². The molecule has 1 unspecified atom stereocenters. The summed E-state index contributed by atoms with van der Waals surface area (Å²) < 4.78 is 55.2. The lowest BCUT2D eigenvalue weighted by Gasteiger charge is -2.34. The van der Waals surface area contributed by atoms with E-state index in [-0.39, 0.29) is 33.7 Å². The van der Waals surface area contributed by atoms with E-state index in [4.69, 9.17) is 11.6 Å². The van der Waals surface area contributed by atoms with E-state index < -0.39 is 23.6 Å². The van der Waals surface area contributed by atoms with Gasteiger partial charge in [-0.05, 0) is 56.0 Å². The Hall–Kier alpha value is -2.68. The molecule has 31 heavy (non-hydrogen) atoms. The SMILES string of the molecule is CCC1CCCCN1C(=O)c1nn2c(C(F)(F)F)cc(-c3ccc(F)cc3)nc2c1Cl. The maximum atomic E-state index is 13.8. The van der Waals surface area contributed by atoms with Gasteiger partial charge in [0.2, 0.25) is 0 Å². The molecule has 0 saturated carbocycles. The normalized spacial score (nSPS) is 17.4. The van der Waals surface area contributed by atoms with Crippen molar-refractivity contribution in [1.29, 1.82) is 0 Å². The number of likely N-dealkylation sites (tertiary alicyclic amines) is 1. The lowest BCUT2D eigenvalue weighted by Crippen LogP contribution is -2.43. The molecule has 1 aromatic carbocycles. The summed E-state index contributed by atoms with van der Waals surface area (Å²) in [4.78, 5) is 19.0. The van der Waals surface area contributed by atoms with Gasteiger partial charge in [0.05, 0.1) is 5.69 Å². The molecule has 0 bridgehead atoms. The number of alkyl halides is 3. The molecule has 10 heteroatoms. The van der Waals surface area contributed by atoms with Crippen molar-refractivity contribution in [2.75, 3.05) is 6.54 Å². The summed E-state index contributed by atoms with van der Waals surface area (Å²) in [6.07, 6.45) is -1.41. The van der Waals surface area contributed by atoms with Crippen molar-refractivity contribution in [1.82, 2.24) is 19.5 Å². The van der Waals surface area contributed by atoms with Gasteiger partial charge in [-0.1, -0.05) is 18.5 Å². The van der Waals surface area contributed by atoms with E-state index in [0.29, 0.717) is 11.1 Å². The van der Waals surface area contributed by atoms with Crippen LogP contribution in [0.15, 0.2) is 30.3 Å². The van der Waals surface area contributed by atoms with Crippen LogP contribution < -0.4 is 0 Å². The molecule has 1 aliphatic rings. The first-order chi connectivity index (χ1) is 14.7. The van der Waals surface area contributed by atoms with Crippen molar-refractivity contribution in [3.05, 3.63) is 52.6 Å². The van der Waals surface area contributed by atoms with Crippen molar-refractivity contribution < 1.29 is 22.4 Å². The third-order valence-electron chi connectivity index (χ3n) is 5.53. The predicted molar refractivity (Wildman–Crippen MR) is 107 cm³/mol. The summed E-state index contributed by atoms with van der Waals surface area (Å²) in [7, 11) is 0. The molecule has 3 heterocycles. The molecule has 3 aromatic rings. The molecular weight excluding hydrogens is 436 g/mol. The zero-order valence-corrected chi connectivity index (χ0v) is 17.3. The number of benzene rings is 1. The zero-order valence-electron chi connectivity index (χ0n) is 16.6. The Bertz CT molecular complexity index is 1130. The molecule has 1 atom stereocenters. The van der Waals surface area contributed by atoms with Crippen molar-refractivity contribution in [3.63, 3.8) is 0 Å². The van der Waals surface area contributed by atoms with Gasteiger partial charge >= 0.3 is 6.18 Å². The van der Waals surface area contributed by atoms with Gasteiger partial charge in [-0.25, -0.2) is 13.9 Å². The smallest absolute Gasteiger partial charge is 0.334 e. The first-order valence-corrected chi connectivity index (χ1v) is 10.3. The number of nitrogens with zero attached hydrogens (tertiary/aromatic N) is 4. The molecular formula is C21H19ClF4N4O. The maximum absolute atomic E-state index is 13.8. The maximum Gasteiger partial charge on any atom is 0.433 e. The van der Waals surface area contributed by atoms with E-state index in [2.05, 4.69) is 10.1 Å². The van der Waals surface area contributed by atoms with Crippen LogP contribution in [0.3, 0.4) is 0 Å². The Balaban J connectivity index is 1.87. The molecule has 0 spiro atoms. The highest BCUT2D eigenvalue weighted by Gasteiger charge is 2.38. The average Bonchev–Trinajstić information content (AvgIpc) is 3.08. The minimum absolute atomic E-state index is 0.00745. The van der Waals surface area contributed by atoms with Gasteiger partial charge in [0, 0.05) is 18.2 Å². The highest BCUT2D eigenvalue weighted by molar-refractivity contribution is 6.36. The molecule has 2 aromatic heterocycles. The second-order valence-electron chi connectivity index (χ2n) is 7.49. The van der Waals surface area contributed by atoms with Crippen LogP contribution in [0.2, 0.25) is 5.02 Å². The Kier molecular flexibility index (Phi) is 5.63. The number of piperidine rings is 1.